The van der Waals surface area contributed by atoms with Gasteiger partial charge in [-0.25, -0.2) is 13.2 Å². The molecule has 2 nitrogen and oxygen atoms in total. The molecule has 112 valence electrons. The first-order valence-corrected chi connectivity index (χ1v) is 7.12. The van der Waals surface area contributed by atoms with E-state index < -0.39 is 17.5 Å². The molecule has 1 fully saturated rings. The molecule has 1 saturated heterocycles. The van der Waals surface area contributed by atoms with Gasteiger partial charge in [0.2, 0.25) is 0 Å². The van der Waals surface area contributed by atoms with Gasteiger partial charge >= 0.3 is 0 Å². The Morgan fingerprint density at radius 1 is 1.15 bits per heavy atom. The normalized spacial score (nSPS) is 17.6. The van der Waals surface area contributed by atoms with Crippen LogP contribution in [-0.2, 0) is 6.54 Å². The van der Waals surface area contributed by atoms with E-state index in [0.717, 1.165) is 25.2 Å². The first-order valence-electron chi connectivity index (χ1n) is 7.12. The minimum Gasteiger partial charge on any atom is -0.312 e. The molecule has 0 amide bonds. The van der Waals surface area contributed by atoms with Gasteiger partial charge in [-0.3, -0.25) is 0 Å². The maximum Gasteiger partial charge on any atom is 0.194 e. The van der Waals surface area contributed by atoms with Gasteiger partial charge in [-0.05, 0) is 56.1 Å². The molecule has 1 unspecified atom stereocenters. The molecule has 1 N–H and O–H groups in total. The van der Waals surface area contributed by atoms with E-state index in [1.807, 2.05) is 0 Å². The fourth-order valence-corrected chi connectivity index (χ4v) is 2.64. The first kappa shape index (κ1) is 15.3. The lowest BCUT2D eigenvalue weighted by Gasteiger charge is -2.20. The van der Waals surface area contributed by atoms with Gasteiger partial charge in [0.15, 0.2) is 17.5 Å². The molecule has 1 atom stereocenters. The minimum atomic E-state index is -1.41. The molecular weight excluding hydrogens is 265 g/mol. The van der Waals surface area contributed by atoms with E-state index in [1.165, 1.54) is 25.9 Å². The number of benzene rings is 1. The van der Waals surface area contributed by atoms with Crippen LogP contribution in [0.5, 0.6) is 0 Å². The molecule has 0 saturated carbocycles. The summed E-state index contributed by atoms with van der Waals surface area (Å²) in [4.78, 5) is 2.43. The fraction of sp³-hybridized carbons (Fsp3) is 0.600. The molecule has 20 heavy (non-hydrogen) atoms. The fourth-order valence-electron chi connectivity index (χ4n) is 2.64. The van der Waals surface area contributed by atoms with E-state index in [4.69, 9.17) is 0 Å². The predicted octanol–water partition coefficient (Wildman–Crippen LogP) is 2.93. The third kappa shape index (κ3) is 4.21. The number of likely N-dealkylation sites (tertiary alicyclic amines) is 1. The Labute approximate surface area is 118 Å². The summed E-state index contributed by atoms with van der Waals surface area (Å²) in [5, 5.41) is 3.17. The highest BCUT2D eigenvalue weighted by molar-refractivity contribution is 5.19. The summed E-state index contributed by atoms with van der Waals surface area (Å²) in [6.07, 6.45) is 2.54. The molecule has 5 heteroatoms. The summed E-state index contributed by atoms with van der Waals surface area (Å²) in [5.74, 6) is -3.20. The minimum absolute atomic E-state index is 0.346. The van der Waals surface area contributed by atoms with Crippen molar-refractivity contribution in [3.63, 3.8) is 0 Å². The maximum absolute atomic E-state index is 13.0. The van der Waals surface area contributed by atoms with Crippen LogP contribution >= 0.6 is 0 Å². The number of nitrogens with zero attached hydrogens (tertiary/aromatic N) is 1. The van der Waals surface area contributed by atoms with Gasteiger partial charge in [-0.1, -0.05) is 6.92 Å². The topological polar surface area (TPSA) is 15.3 Å². The molecule has 1 aromatic carbocycles. The van der Waals surface area contributed by atoms with Crippen molar-refractivity contribution in [3.8, 4) is 0 Å². The second kappa shape index (κ2) is 7.09. The van der Waals surface area contributed by atoms with Crippen molar-refractivity contribution in [1.29, 1.82) is 0 Å². The summed E-state index contributed by atoms with van der Waals surface area (Å²) in [6, 6.07) is 2.08. The molecule has 1 aliphatic rings. The maximum atomic E-state index is 13.0. The lowest BCUT2D eigenvalue weighted by molar-refractivity contribution is 0.282. The van der Waals surface area contributed by atoms with Crippen LogP contribution in [0.4, 0.5) is 13.2 Å². The molecule has 0 aromatic heterocycles. The summed E-state index contributed by atoms with van der Waals surface area (Å²) in [5.41, 5.74) is 0.426. The summed E-state index contributed by atoms with van der Waals surface area (Å²) in [6.45, 7) is 6.64. The standard InChI is InChI=1S/C15H21F3N2/c1-11(10-20-4-2-3-5-20)8-19-9-12-6-13(16)15(18)14(17)7-12/h6-7,11,19H,2-5,8-10H2,1H3. The molecule has 0 spiro atoms. The average molecular weight is 286 g/mol. The number of rotatable bonds is 6. The smallest absolute Gasteiger partial charge is 0.194 e. The second-order valence-electron chi connectivity index (χ2n) is 5.62. The second-order valence-corrected chi connectivity index (χ2v) is 5.62. The van der Waals surface area contributed by atoms with Gasteiger partial charge in [0.1, 0.15) is 0 Å². The molecular formula is C15H21F3N2. The van der Waals surface area contributed by atoms with E-state index in [9.17, 15) is 13.2 Å². The molecule has 1 heterocycles. The van der Waals surface area contributed by atoms with Crippen molar-refractivity contribution in [3.05, 3.63) is 35.1 Å². The van der Waals surface area contributed by atoms with Crippen molar-refractivity contribution < 1.29 is 13.2 Å². The Bertz CT molecular complexity index is 422. The first-order chi connectivity index (χ1) is 9.56. The van der Waals surface area contributed by atoms with Crippen LogP contribution in [0, 0.1) is 23.4 Å². The van der Waals surface area contributed by atoms with Crippen LogP contribution < -0.4 is 5.32 Å². The molecule has 1 aromatic rings. The number of hydrogen-bond donors (Lipinski definition) is 1. The third-order valence-corrected chi connectivity index (χ3v) is 3.63. The monoisotopic (exact) mass is 286 g/mol. The predicted molar refractivity (Wildman–Crippen MR) is 72.9 cm³/mol. The third-order valence-electron chi connectivity index (χ3n) is 3.63. The summed E-state index contributed by atoms with van der Waals surface area (Å²) >= 11 is 0. The van der Waals surface area contributed by atoms with E-state index in [1.54, 1.807) is 0 Å². The highest BCUT2D eigenvalue weighted by Crippen LogP contribution is 2.14. The van der Waals surface area contributed by atoms with Crippen molar-refractivity contribution in [1.82, 2.24) is 10.2 Å². The van der Waals surface area contributed by atoms with Crippen LogP contribution in [0.15, 0.2) is 12.1 Å². The number of nitrogens with one attached hydrogen (secondary N) is 1. The van der Waals surface area contributed by atoms with Gasteiger partial charge in [0.25, 0.3) is 0 Å². The Balaban J connectivity index is 1.74. The van der Waals surface area contributed by atoms with Crippen molar-refractivity contribution in [2.45, 2.75) is 26.3 Å². The van der Waals surface area contributed by atoms with Gasteiger partial charge in [-0.2, -0.15) is 0 Å². The Morgan fingerprint density at radius 3 is 2.35 bits per heavy atom. The quantitative estimate of drug-likeness (QED) is 0.809. The van der Waals surface area contributed by atoms with Gasteiger partial charge < -0.3 is 10.2 Å². The van der Waals surface area contributed by atoms with Crippen LogP contribution in [-0.4, -0.2) is 31.1 Å². The highest BCUT2D eigenvalue weighted by Gasteiger charge is 2.14. The van der Waals surface area contributed by atoms with Crippen molar-refractivity contribution in [2.24, 2.45) is 5.92 Å². The highest BCUT2D eigenvalue weighted by atomic mass is 19.2. The number of halogens is 3. The zero-order chi connectivity index (χ0) is 14.5. The summed E-state index contributed by atoms with van der Waals surface area (Å²) in [7, 11) is 0. The van der Waals surface area contributed by atoms with Gasteiger partial charge in [-0.15, -0.1) is 0 Å². The molecule has 0 bridgehead atoms. The Morgan fingerprint density at radius 2 is 1.75 bits per heavy atom. The molecule has 1 aliphatic heterocycles. The SMILES string of the molecule is CC(CNCc1cc(F)c(F)c(F)c1)CN1CCCC1. The van der Waals surface area contributed by atoms with Gasteiger partial charge in [0, 0.05) is 13.1 Å². The van der Waals surface area contributed by atoms with Crippen LogP contribution in [0.2, 0.25) is 0 Å². The van der Waals surface area contributed by atoms with E-state index in [0.29, 0.717) is 18.0 Å². The largest absolute Gasteiger partial charge is 0.312 e. The summed E-state index contributed by atoms with van der Waals surface area (Å²) < 4.78 is 38.9. The van der Waals surface area contributed by atoms with Crippen molar-refractivity contribution in [2.75, 3.05) is 26.2 Å². The average Bonchev–Trinajstić information content (AvgIpc) is 2.88. The van der Waals surface area contributed by atoms with Crippen LogP contribution in [0.3, 0.4) is 0 Å². The van der Waals surface area contributed by atoms with E-state index in [2.05, 4.69) is 17.1 Å². The zero-order valence-corrected chi connectivity index (χ0v) is 11.8. The Kier molecular flexibility index (Phi) is 5.43. The lowest BCUT2D eigenvalue weighted by Crippen LogP contribution is -2.31. The number of hydrogen-bond acceptors (Lipinski definition) is 2. The van der Waals surface area contributed by atoms with Crippen LogP contribution in [0.1, 0.15) is 25.3 Å². The zero-order valence-electron chi connectivity index (χ0n) is 11.8. The molecule has 0 radical (unpaired) electrons. The van der Waals surface area contributed by atoms with E-state index >= 15 is 0 Å². The van der Waals surface area contributed by atoms with Crippen LogP contribution in [0.25, 0.3) is 0 Å². The molecule has 0 aliphatic carbocycles. The van der Waals surface area contributed by atoms with E-state index in [-0.39, 0.29) is 0 Å². The Hall–Kier alpha value is -1.07. The molecule has 2 rings (SSSR count). The lowest BCUT2D eigenvalue weighted by atomic mass is 10.1. The van der Waals surface area contributed by atoms with Gasteiger partial charge in [0.05, 0.1) is 0 Å². The van der Waals surface area contributed by atoms with Crippen molar-refractivity contribution >= 4 is 0 Å².